The highest BCUT2D eigenvalue weighted by Gasteiger charge is 2.25. The zero-order chi connectivity index (χ0) is 18.7. The number of pyridine rings is 1. The lowest BCUT2D eigenvalue weighted by Gasteiger charge is -2.08. The minimum Gasteiger partial charge on any atom is -0.378 e. The highest BCUT2D eigenvalue weighted by Crippen LogP contribution is 2.22. The molecular formula is C15H17N9O2. The van der Waals surface area contributed by atoms with E-state index in [1.807, 2.05) is 19.9 Å². The van der Waals surface area contributed by atoms with Crippen LogP contribution in [0.3, 0.4) is 0 Å². The summed E-state index contributed by atoms with van der Waals surface area (Å²) in [5.74, 6) is -0.368. The van der Waals surface area contributed by atoms with E-state index in [2.05, 4.69) is 40.8 Å². The second-order valence-electron chi connectivity index (χ2n) is 5.74. The van der Waals surface area contributed by atoms with Gasteiger partial charge in [0.1, 0.15) is 0 Å². The van der Waals surface area contributed by atoms with Crippen molar-refractivity contribution in [1.82, 2.24) is 35.7 Å². The number of nitrogens with zero attached hydrogens (tertiary/aromatic N) is 7. The summed E-state index contributed by atoms with van der Waals surface area (Å²) >= 11 is 0. The molecule has 0 aliphatic heterocycles. The number of nitrogens with one attached hydrogen (secondary N) is 1. The predicted molar refractivity (Wildman–Crippen MR) is 91.6 cm³/mol. The van der Waals surface area contributed by atoms with Crippen molar-refractivity contribution in [3.63, 3.8) is 0 Å². The smallest absolute Gasteiger partial charge is 0.293 e. The third kappa shape index (κ3) is 3.27. The summed E-state index contributed by atoms with van der Waals surface area (Å²) in [5.41, 5.74) is 10.2. The van der Waals surface area contributed by atoms with Gasteiger partial charge in [-0.2, -0.15) is 9.78 Å². The number of aromatic nitrogens is 6. The third-order valence-corrected chi connectivity index (χ3v) is 3.57. The Morgan fingerprint density at radius 2 is 2.19 bits per heavy atom. The molecule has 11 nitrogen and oxygen atoms in total. The molecule has 0 fully saturated rings. The van der Waals surface area contributed by atoms with Crippen LogP contribution in [0.1, 0.15) is 48.4 Å². The fourth-order valence-electron chi connectivity index (χ4n) is 2.29. The van der Waals surface area contributed by atoms with Crippen LogP contribution in [0.15, 0.2) is 34.3 Å². The fraction of sp³-hybridized carbons (Fsp3) is 0.267. The standard InChI is InChI=1S/C15H17N9O2/c1-8(2)12-11(19-23-24(12)14-13(16)21-26-22-14)15(25)20-18-9(3)10-5-4-6-17-7-10/h4-8H,1-3H3,(H2,16,21)(H,20,25). The van der Waals surface area contributed by atoms with Gasteiger partial charge in [0.2, 0.25) is 11.6 Å². The van der Waals surface area contributed by atoms with Gasteiger partial charge in [-0.15, -0.1) is 5.10 Å². The summed E-state index contributed by atoms with van der Waals surface area (Å²) in [6, 6.07) is 3.63. The molecule has 3 rings (SSSR count). The van der Waals surface area contributed by atoms with Gasteiger partial charge in [-0.3, -0.25) is 9.78 Å². The fourth-order valence-corrected chi connectivity index (χ4v) is 2.29. The van der Waals surface area contributed by atoms with Crippen molar-refractivity contribution in [1.29, 1.82) is 0 Å². The van der Waals surface area contributed by atoms with Crippen LogP contribution in [0.4, 0.5) is 5.82 Å². The van der Waals surface area contributed by atoms with E-state index in [1.165, 1.54) is 4.68 Å². The van der Waals surface area contributed by atoms with Crippen LogP contribution >= 0.6 is 0 Å². The maximum atomic E-state index is 12.5. The molecule has 3 aromatic heterocycles. The summed E-state index contributed by atoms with van der Waals surface area (Å²) in [6.45, 7) is 5.54. The Bertz CT molecular complexity index is 943. The first-order valence-corrected chi connectivity index (χ1v) is 7.78. The number of anilines is 1. The molecule has 26 heavy (non-hydrogen) atoms. The van der Waals surface area contributed by atoms with Crippen LogP contribution in [-0.2, 0) is 0 Å². The molecule has 0 aromatic carbocycles. The van der Waals surface area contributed by atoms with Crippen LogP contribution in [0.2, 0.25) is 0 Å². The summed E-state index contributed by atoms with van der Waals surface area (Å²) in [7, 11) is 0. The molecule has 0 saturated carbocycles. The van der Waals surface area contributed by atoms with Crippen LogP contribution in [0.25, 0.3) is 5.82 Å². The van der Waals surface area contributed by atoms with E-state index in [9.17, 15) is 4.79 Å². The SMILES string of the molecule is CC(=NNC(=O)c1nnn(-c2nonc2N)c1C(C)C)c1cccnc1. The molecule has 0 aliphatic carbocycles. The van der Waals surface area contributed by atoms with E-state index in [1.54, 1.807) is 25.4 Å². The molecule has 0 spiro atoms. The zero-order valence-corrected chi connectivity index (χ0v) is 14.4. The van der Waals surface area contributed by atoms with Crippen molar-refractivity contribution in [2.75, 3.05) is 5.73 Å². The van der Waals surface area contributed by atoms with Crippen molar-refractivity contribution >= 4 is 17.4 Å². The monoisotopic (exact) mass is 355 g/mol. The number of hydrogen-bond acceptors (Lipinski definition) is 9. The Labute approximate surface area is 148 Å². The van der Waals surface area contributed by atoms with Crippen molar-refractivity contribution < 1.29 is 9.42 Å². The topological polar surface area (TPSA) is 150 Å². The van der Waals surface area contributed by atoms with Gasteiger partial charge in [0.25, 0.3) is 5.91 Å². The first kappa shape index (κ1) is 17.2. The van der Waals surface area contributed by atoms with E-state index < -0.39 is 5.91 Å². The first-order valence-electron chi connectivity index (χ1n) is 7.78. The summed E-state index contributed by atoms with van der Waals surface area (Å²) in [5, 5.41) is 19.2. The van der Waals surface area contributed by atoms with Crippen molar-refractivity contribution in [3.05, 3.63) is 41.5 Å². The minimum absolute atomic E-state index is 0.0502. The van der Waals surface area contributed by atoms with E-state index in [0.717, 1.165) is 5.56 Å². The molecule has 0 atom stereocenters. The van der Waals surface area contributed by atoms with Crippen molar-refractivity contribution in [3.8, 4) is 5.82 Å². The number of carbonyl (C=O) groups is 1. The molecule has 11 heteroatoms. The van der Waals surface area contributed by atoms with Gasteiger partial charge in [0, 0.05) is 18.0 Å². The number of hydrogen-bond donors (Lipinski definition) is 2. The molecule has 0 bridgehead atoms. The van der Waals surface area contributed by atoms with Gasteiger partial charge < -0.3 is 5.73 Å². The van der Waals surface area contributed by atoms with E-state index >= 15 is 0 Å². The number of rotatable bonds is 5. The average molecular weight is 355 g/mol. The van der Waals surface area contributed by atoms with Crippen LogP contribution in [0, 0.1) is 0 Å². The molecule has 134 valence electrons. The molecule has 3 aromatic rings. The first-order chi connectivity index (χ1) is 12.5. The normalized spacial score (nSPS) is 11.8. The Hall–Kier alpha value is -3.63. The van der Waals surface area contributed by atoms with E-state index in [0.29, 0.717) is 11.4 Å². The lowest BCUT2D eigenvalue weighted by Crippen LogP contribution is -2.22. The predicted octanol–water partition coefficient (Wildman–Crippen LogP) is 0.905. The molecule has 0 saturated heterocycles. The molecule has 1 amide bonds. The lowest BCUT2D eigenvalue weighted by atomic mass is 10.1. The van der Waals surface area contributed by atoms with Gasteiger partial charge in [-0.25, -0.2) is 10.1 Å². The van der Waals surface area contributed by atoms with Gasteiger partial charge in [0.05, 0.1) is 11.4 Å². The van der Waals surface area contributed by atoms with Gasteiger partial charge in [-0.05, 0) is 29.2 Å². The maximum absolute atomic E-state index is 12.5. The average Bonchev–Trinajstić information content (AvgIpc) is 3.25. The Morgan fingerprint density at radius 3 is 2.81 bits per heavy atom. The molecule has 3 heterocycles. The highest BCUT2D eigenvalue weighted by molar-refractivity contribution is 6.00. The highest BCUT2D eigenvalue weighted by atomic mass is 16.6. The van der Waals surface area contributed by atoms with Gasteiger partial charge >= 0.3 is 0 Å². The van der Waals surface area contributed by atoms with Crippen molar-refractivity contribution in [2.24, 2.45) is 5.10 Å². The quantitative estimate of drug-likeness (QED) is 0.506. The van der Waals surface area contributed by atoms with E-state index in [-0.39, 0.29) is 23.2 Å². The largest absolute Gasteiger partial charge is 0.378 e. The van der Waals surface area contributed by atoms with Crippen LogP contribution in [-0.4, -0.2) is 41.9 Å². The zero-order valence-electron chi connectivity index (χ0n) is 14.4. The number of carbonyl (C=O) groups excluding carboxylic acids is 1. The van der Waals surface area contributed by atoms with Gasteiger partial charge in [0.15, 0.2) is 5.69 Å². The third-order valence-electron chi connectivity index (χ3n) is 3.57. The van der Waals surface area contributed by atoms with Crippen molar-refractivity contribution in [2.45, 2.75) is 26.7 Å². The second-order valence-corrected chi connectivity index (χ2v) is 5.74. The summed E-state index contributed by atoms with van der Waals surface area (Å²) in [4.78, 5) is 16.5. The lowest BCUT2D eigenvalue weighted by molar-refractivity contribution is 0.0948. The van der Waals surface area contributed by atoms with Crippen LogP contribution in [0.5, 0.6) is 0 Å². The molecule has 0 aliphatic rings. The van der Waals surface area contributed by atoms with E-state index in [4.69, 9.17) is 5.73 Å². The number of amides is 1. The van der Waals surface area contributed by atoms with Crippen LogP contribution < -0.4 is 11.2 Å². The minimum atomic E-state index is -0.502. The molecule has 0 radical (unpaired) electrons. The molecular weight excluding hydrogens is 338 g/mol. The van der Waals surface area contributed by atoms with Gasteiger partial charge in [-0.1, -0.05) is 25.1 Å². The number of hydrazone groups is 1. The maximum Gasteiger partial charge on any atom is 0.293 e. The number of nitrogens with two attached hydrogens (primary N) is 1. The molecule has 3 N–H and O–H groups in total. The Kier molecular flexibility index (Phi) is 4.69. The second kappa shape index (κ2) is 7.09. The Balaban J connectivity index is 1.88. The summed E-state index contributed by atoms with van der Waals surface area (Å²) in [6.07, 6.45) is 3.31. The molecule has 0 unspecified atom stereocenters. The summed E-state index contributed by atoms with van der Waals surface area (Å²) < 4.78 is 5.93. The number of nitrogen functional groups attached to an aromatic ring is 1. The Morgan fingerprint density at radius 1 is 1.38 bits per heavy atom.